The van der Waals surface area contributed by atoms with Crippen LogP contribution in [0.2, 0.25) is 0 Å². The van der Waals surface area contributed by atoms with E-state index in [4.69, 9.17) is 33.0 Å². The number of nitrogens with one attached hydrogen (secondary N) is 1. The Bertz CT molecular complexity index is 1860. The Morgan fingerprint density at radius 2 is 1.44 bits per heavy atom. The number of ether oxygens (including phenoxy) is 4. The average molecular weight is 889 g/mol. The van der Waals surface area contributed by atoms with Crippen molar-refractivity contribution in [2.45, 2.75) is 113 Å². The molecule has 0 bridgehead atoms. The first-order valence-electron chi connectivity index (χ1n) is 21.2. The molecule has 3 heterocycles. The van der Waals surface area contributed by atoms with Crippen LogP contribution >= 0.6 is 7.60 Å². The van der Waals surface area contributed by atoms with Gasteiger partial charge in [-0.25, -0.2) is 14.8 Å². The molecule has 1 N–H and O–H groups in total. The second-order valence-corrected chi connectivity index (χ2v) is 19.6. The number of rotatable bonds is 18. The normalized spacial score (nSPS) is 18.3. The van der Waals surface area contributed by atoms with Gasteiger partial charge in [-0.15, -0.1) is 0 Å². The van der Waals surface area contributed by atoms with Crippen molar-refractivity contribution < 1.29 is 56.5 Å². The second kappa shape index (κ2) is 22.1. The van der Waals surface area contributed by atoms with Crippen molar-refractivity contribution in [3.63, 3.8) is 0 Å². The van der Waals surface area contributed by atoms with Gasteiger partial charge in [0.15, 0.2) is 5.82 Å². The van der Waals surface area contributed by atoms with Gasteiger partial charge in [0.25, 0.3) is 5.91 Å². The van der Waals surface area contributed by atoms with Crippen molar-refractivity contribution in [3.8, 4) is 11.4 Å². The zero-order valence-corrected chi connectivity index (χ0v) is 38.7. The third kappa shape index (κ3) is 14.7. The molecule has 3 amide bonds. The summed E-state index contributed by atoms with van der Waals surface area (Å²) in [5.41, 5.74) is -1.19. The van der Waals surface area contributed by atoms with E-state index in [1.807, 2.05) is 42.2 Å². The lowest BCUT2D eigenvalue weighted by molar-refractivity contribution is -0.176. The Labute approximate surface area is 365 Å². The van der Waals surface area contributed by atoms with Crippen molar-refractivity contribution in [2.24, 2.45) is 10.8 Å². The van der Waals surface area contributed by atoms with E-state index in [2.05, 4.69) is 10.3 Å². The molecule has 0 spiro atoms. The zero-order valence-electron chi connectivity index (χ0n) is 37.8. The molecule has 1 aromatic carbocycles. The molecule has 18 nitrogen and oxygen atoms in total. The van der Waals surface area contributed by atoms with Crippen molar-refractivity contribution in [1.82, 2.24) is 25.1 Å². The number of hydrogen-bond donors (Lipinski definition) is 1. The van der Waals surface area contributed by atoms with Crippen LogP contribution in [-0.2, 0) is 46.9 Å². The number of amides is 3. The monoisotopic (exact) mass is 888 g/mol. The Morgan fingerprint density at radius 3 is 1.97 bits per heavy atom. The lowest BCUT2D eigenvalue weighted by Gasteiger charge is -2.36. The van der Waals surface area contributed by atoms with Crippen LogP contribution in [0, 0.1) is 10.8 Å². The van der Waals surface area contributed by atoms with E-state index >= 15 is 0 Å². The number of unbranched alkanes of at least 4 members (excludes halogenated alkanes) is 1. The number of nitrogens with zero attached hydrogens (tertiary/aromatic N) is 5. The molecule has 0 aliphatic carbocycles. The van der Waals surface area contributed by atoms with Gasteiger partial charge in [-0.05, 0) is 74.7 Å². The first kappa shape index (κ1) is 50.0. The highest BCUT2D eigenvalue weighted by atomic mass is 31.2. The number of anilines is 1. The summed E-state index contributed by atoms with van der Waals surface area (Å²) in [5, 5.41) is 2.83. The molecule has 2 aliphatic heterocycles. The summed E-state index contributed by atoms with van der Waals surface area (Å²) in [6.07, 6.45) is -1.70. The summed E-state index contributed by atoms with van der Waals surface area (Å²) in [6, 6.07) is 9.40. The minimum Gasteiger partial charge on any atom is -0.449 e. The quantitative estimate of drug-likeness (QED) is 0.0596. The molecule has 2 unspecified atom stereocenters. The van der Waals surface area contributed by atoms with Gasteiger partial charge in [0.1, 0.15) is 17.6 Å². The molecule has 0 saturated carbocycles. The first-order valence-corrected chi connectivity index (χ1v) is 23.0. The van der Waals surface area contributed by atoms with Crippen molar-refractivity contribution in [2.75, 3.05) is 64.0 Å². The largest absolute Gasteiger partial charge is 0.449 e. The number of carbonyl (C=O) groups is 5. The van der Waals surface area contributed by atoms with Crippen LogP contribution in [-0.4, -0.2) is 133 Å². The van der Waals surface area contributed by atoms with E-state index in [0.717, 1.165) is 19.3 Å². The highest BCUT2D eigenvalue weighted by Crippen LogP contribution is 2.52. The van der Waals surface area contributed by atoms with Crippen LogP contribution in [0.3, 0.4) is 0 Å². The molecule has 1 aromatic heterocycles. The van der Waals surface area contributed by atoms with Crippen molar-refractivity contribution in [1.29, 1.82) is 0 Å². The molecule has 344 valence electrons. The van der Waals surface area contributed by atoms with E-state index in [1.165, 1.54) is 23.6 Å². The molecule has 0 radical (unpaired) electrons. The number of piperazine rings is 1. The minimum absolute atomic E-state index is 0.0201. The molecule has 2 fully saturated rings. The average Bonchev–Trinajstić information content (AvgIpc) is 3.71. The van der Waals surface area contributed by atoms with Gasteiger partial charge in [-0.3, -0.25) is 32.8 Å². The predicted octanol–water partition coefficient (Wildman–Crippen LogP) is 6.04. The lowest BCUT2D eigenvalue weighted by atomic mass is 9.97. The molecular formula is C43H65N6O12P. The molecule has 4 rings (SSSR count). The molecule has 4 atom stereocenters. The standard InChI is InChI=1S/C43H65N6O12P/c1-11-12-25-57-41(54)48-23-21-47(22-24-48)38(51)33(19-26-62(55,60-29(2)58-39(52)42(4,5)6)61-30(3)59-40(53)43(7,8)9)45-37(50)34-27-35(49-20-18-32(28-49)56-10)46-36(44-34)31-16-14-13-15-17-31/h13-17,27,29-30,32-33H,11-12,18-26,28H2,1-10H3,(H,45,50)/t29?,30?,32-,33-,62?/m0/s1. The fourth-order valence-corrected chi connectivity index (χ4v) is 8.17. The van der Waals surface area contributed by atoms with Gasteiger partial charge in [0, 0.05) is 58.0 Å². The van der Waals surface area contributed by atoms with E-state index < -0.39 is 73.1 Å². The molecule has 2 aromatic rings. The third-order valence-electron chi connectivity index (χ3n) is 10.0. The maximum absolute atomic E-state index is 14.7. The van der Waals surface area contributed by atoms with Gasteiger partial charge in [-0.2, -0.15) is 0 Å². The number of aromatic nitrogens is 2. The number of methoxy groups -OCH3 is 1. The van der Waals surface area contributed by atoms with Crippen LogP contribution < -0.4 is 10.2 Å². The Morgan fingerprint density at radius 1 is 0.855 bits per heavy atom. The van der Waals surface area contributed by atoms with Crippen LogP contribution in [0.25, 0.3) is 11.4 Å². The van der Waals surface area contributed by atoms with Crippen LogP contribution in [0.4, 0.5) is 10.6 Å². The molecule has 2 saturated heterocycles. The Kier molecular flexibility index (Phi) is 17.8. The fourth-order valence-electron chi connectivity index (χ4n) is 6.34. The summed E-state index contributed by atoms with van der Waals surface area (Å²) in [4.78, 5) is 81.5. The summed E-state index contributed by atoms with van der Waals surface area (Å²) < 4.78 is 48.1. The van der Waals surface area contributed by atoms with E-state index in [1.54, 1.807) is 54.7 Å². The molecular weight excluding hydrogens is 823 g/mol. The van der Waals surface area contributed by atoms with Gasteiger partial charge in [0.2, 0.25) is 18.5 Å². The number of benzene rings is 1. The van der Waals surface area contributed by atoms with Gasteiger partial charge < -0.3 is 39.0 Å². The fraction of sp³-hybridized carbons (Fsp3) is 0.651. The smallest absolute Gasteiger partial charge is 0.409 e. The van der Waals surface area contributed by atoms with Gasteiger partial charge in [-0.1, -0.05) is 43.7 Å². The summed E-state index contributed by atoms with van der Waals surface area (Å²) in [6.45, 7) is 16.7. The number of hydrogen-bond acceptors (Lipinski definition) is 15. The number of esters is 2. The highest BCUT2D eigenvalue weighted by molar-refractivity contribution is 7.53. The van der Waals surface area contributed by atoms with Crippen LogP contribution in [0.5, 0.6) is 0 Å². The topological polar surface area (TPSA) is 205 Å². The summed E-state index contributed by atoms with van der Waals surface area (Å²) >= 11 is 0. The Hall–Kier alpha value is -4.64. The van der Waals surface area contributed by atoms with E-state index in [9.17, 15) is 28.5 Å². The Balaban J connectivity index is 1.66. The van der Waals surface area contributed by atoms with Crippen molar-refractivity contribution in [3.05, 3.63) is 42.1 Å². The van der Waals surface area contributed by atoms with E-state index in [0.29, 0.717) is 30.3 Å². The van der Waals surface area contributed by atoms with E-state index in [-0.39, 0.29) is 51.0 Å². The highest BCUT2D eigenvalue weighted by Gasteiger charge is 2.39. The maximum atomic E-state index is 14.7. The second-order valence-electron chi connectivity index (χ2n) is 17.5. The minimum atomic E-state index is -4.40. The summed E-state index contributed by atoms with van der Waals surface area (Å²) in [7, 11) is -2.76. The maximum Gasteiger partial charge on any atom is 0.409 e. The first-order chi connectivity index (χ1) is 29.1. The lowest BCUT2D eigenvalue weighted by Crippen LogP contribution is -2.56. The third-order valence-corrected chi connectivity index (χ3v) is 12.1. The van der Waals surface area contributed by atoms with Crippen molar-refractivity contribution >= 4 is 43.3 Å². The number of carbonyl (C=O) groups excluding carboxylic acids is 5. The predicted molar refractivity (Wildman–Crippen MR) is 230 cm³/mol. The van der Waals surface area contributed by atoms with Gasteiger partial charge in [0.05, 0.1) is 29.7 Å². The SMILES string of the molecule is CCCCOC(=O)N1CCN(C(=O)[C@H](CCP(=O)(OC(C)OC(=O)C(C)(C)C)OC(C)OC(=O)C(C)(C)C)NC(=O)c2cc(N3CC[C@H](OC)C3)nc(-c3ccccc3)n2)CC1. The van der Waals surface area contributed by atoms with Crippen LogP contribution in [0.15, 0.2) is 36.4 Å². The zero-order chi connectivity index (χ0) is 45.8. The molecule has 19 heteroatoms. The van der Waals surface area contributed by atoms with Crippen LogP contribution in [0.1, 0.15) is 98.5 Å². The molecule has 62 heavy (non-hydrogen) atoms. The van der Waals surface area contributed by atoms with Gasteiger partial charge >= 0.3 is 25.6 Å². The summed E-state index contributed by atoms with van der Waals surface area (Å²) in [5.74, 6) is -1.71. The molecule has 2 aliphatic rings.